The highest BCUT2D eigenvalue weighted by atomic mass is 79.9. The molecule has 0 spiro atoms. The Bertz CT molecular complexity index is 645. The Kier molecular flexibility index (Phi) is 4.77. The highest BCUT2D eigenvalue weighted by Crippen LogP contribution is 2.32. The largest absolute Gasteiger partial charge is 0.573 e. The van der Waals surface area contributed by atoms with Crippen molar-refractivity contribution in [2.45, 2.75) is 26.1 Å². The molecular weight excluding hydrogens is 375 g/mol. The quantitative estimate of drug-likeness (QED) is 0.777. The molecule has 0 radical (unpaired) electrons. The zero-order valence-electron chi connectivity index (χ0n) is 10.8. The lowest BCUT2D eigenvalue weighted by molar-refractivity contribution is -0.274. The number of rotatable bonds is 4. The summed E-state index contributed by atoms with van der Waals surface area (Å²) in [6.07, 6.45) is -3.25. The number of hydrogen-bond acceptors (Lipinski definition) is 3. The van der Waals surface area contributed by atoms with Crippen LogP contribution in [0.3, 0.4) is 0 Å². The molecule has 0 saturated heterocycles. The fraction of sp³-hybridized carbons (Fsp3) is 0.333. The molecule has 4 nitrogen and oxygen atoms in total. The van der Waals surface area contributed by atoms with Crippen LogP contribution in [0.2, 0.25) is 5.28 Å². The summed E-state index contributed by atoms with van der Waals surface area (Å²) < 4.78 is 42.3. The summed E-state index contributed by atoms with van der Waals surface area (Å²) in [5.41, 5.74) is 0.551. The number of alkyl halides is 3. The van der Waals surface area contributed by atoms with Crippen molar-refractivity contribution in [2.75, 3.05) is 0 Å². The van der Waals surface area contributed by atoms with Crippen molar-refractivity contribution in [1.29, 1.82) is 0 Å². The number of ether oxygens (including phenoxy) is 1. The van der Waals surface area contributed by atoms with Crippen molar-refractivity contribution in [3.05, 3.63) is 33.8 Å². The summed E-state index contributed by atoms with van der Waals surface area (Å²) in [6, 6.07) is 4.13. The van der Waals surface area contributed by atoms with Crippen LogP contribution >= 0.6 is 27.5 Å². The maximum absolute atomic E-state index is 12.2. The van der Waals surface area contributed by atoms with E-state index in [1.807, 2.05) is 6.92 Å². The van der Waals surface area contributed by atoms with Gasteiger partial charge in [-0.3, -0.25) is 4.57 Å². The Hall–Kier alpha value is -1.28. The van der Waals surface area contributed by atoms with Gasteiger partial charge in [-0.15, -0.1) is 23.4 Å². The van der Waals surface area contributed by atoms with Gasteiger partial charge in [0.2, 0.25) is 5.28 Å². The Balaban J connectivity index is 2.38. The van der Waals surface area contributed by atoms with E-state index >= 15 is 0 Å². The third kappa shape index (κ3) is 3.88. The van der Waals surface area contributed by atoms with Crippen LogP contribution in [0, 0.1) is 0 Å². The predicted molar refractivity (Wildman–Crippen MR) is 74.7 cm³/mol. The summed E-state index contributed by atoms with van der Waals surface area (Å²) in [6.45, 7) is 1.98. The molecule has 114 valence electrons. The SMILES string of the molecule is CCCc1nnc(Cl)n1-c1ccc(OC(F)(F)F)c(Br)c1. The lowest BCUT2D eigenvalue weighted by atomic mass is 10.2. The van der Waals surface area contributed by atoms with Gasteiger partial charge in [0, 0.05) is 6.42 Å². The van der Waals surface area contributed by atoms with Gasteiger partial charge >= 0.3 is 6.36 Å². The molecule has 0 amide bonds. The van der Waals surface area contributed by atoms with E-state index in [0.717, 1.165) is 6.42 Å². The van der Waals surface area contributed by atoms with Crippen LogP contribution in [0.5, 0.6) is 5.75 Å². The molecule has 1 heterocycles. The Morgan fingerprint density at radius 1 is 1.33 bits per heavy atom. The van der Waals surface area contributed by atoms with Crippen LogP contribution in [-0.2, 0) is 6.42 Å². The smallest absolute Gasteiger partial charge is 0.405 e. The fourth-order valence-corrected chi connectivity index (χ4v) is 2.45. The maximum Gasteiger partial charge on any atom is 0.573 e. The lowest BCUT2D eigenvalue weighted by Crippen LogP contribution is -2.17. The minimum absolute atomic E-state index is 0.148. The summed E-state index contributed by atoms with van der Waals surface area (Å²) in [4.78, 5) is 0. The monoisotopic (exact) mass is 383 g/mol. The van der Waals surface area contributed by atoms with Crippen LogP contribution in [0.15, 0.2) is 22.7 Å². The molecule has 0 N–H and O–H groups in total. The third-order valence-electron chi connectivity index (χ3n) is 2.56. The first-order chi connectivity index (χ1) is 9.81. The molecule has 0 atom stereocenters. The molecule has 0 aliphatic rings. The zero-order valence-corrected chi connectivity index (χ0v) is 13.1. The highest BCUT2D eigenvalue weighted by molar-refractivity contribution is 9.10. The lowest BCUT2D eigenvalue weighted by Gasteiger charge is -2.13. The van der Waals surface area contributed by atoms with Gasteiger partial charge in [0.15, 0.2) is 0 Å². The maximum atomic E-state index is 12.2. The van der Waals surface area contributed by atoms with E-state index in [-0.39, 0.29) is 15.5 Å². The summed E-state index contributed by atoms with van der Waals surface area (Å²) in [5.74, 6) is 0.311. The third-order valence-corrected chi connectivity index (χ3v) is 3.43. The second kappa shape index (κ2) is 6.23. The van der Waals surface area contributed by atoms with E-state index in [1.165, 1.54) is 18.2 Å². The second-order valence-electron chi connectivity index (χ2n) is 4.13. The van der Waals surface area contributed by atoms with Crippen LogP contribution in [0.4, 0.5) is 13.2 Å². The molecule has 21 heavy (non-hydrogen) atoms. The average molecular weight is 385 g/mol. The number of benzene rings is 1. The minimum Gasteiger partial charge on any atom is -0.405 e. The van der Waals surface area contributed by atoms with E-state index in [1.54, 1.807) is 4.57 Å². The first-order valence-corrected chi connectivity index (χ1v) is 7.14. The molecule has 2 rings (SSSR count). The number of aromatic nitrogens is 3. The Labute approximate surface area is 132 Å². The molecule has 1 aromatic carbocycles. The molecule has 2 aromatic rings. The first-order valence-electron chi connectivity index (χ1n) is 5.97. The molecule has 0 aliphatic carbocycles. The van der Waals surface area contributed by atoms with Gasteiger partial charge in [0.1, 0.15) is 11.6 Å². The van der Waals surface area contributed by atoms with Gasteiger partial charge < -0.3 is 4.74 Å². The van der Waals surface area contributed by atoms with Crippen molar-refractivity contribution < 1.29 is 17.9 Å². The first kappa shape index (κ1) is 16.1. The van der Waals surface area contributed by atoms with Gasteiger partial charge in [-0.2, -0.15) is 0 Å². The molecule has 0 saturated carbocycles. The van der Waals surface area contributed by atoms with E-state index in [4.69, 9.17) is 11.6 Å². The predicted octanol–water partition coefficient (Wildman–Crippen LogP) is 4.53. The van der Waals surface area contributed by atoms with Crippen molar-refractivity contribution in [2.24, 2.45) is 0 Å². The molecule has 1 aromatic heterocycles. The van der Waals surface area contributed by atoms with Crippen molar-refractivity contribution >= 4 is 27.5 Å². The van der Waals surface area contributed by atoms with Gasteiger partial charge in [-0.25, -0.2) is 0 Å². The van der Waals surface area contributed by atoms with Crippen LogP contribution < -0.4 is 4.74 Å². The zero-order chi connectivity index (χ0) is 15.6. The molecule has 0 fully saturated rings. The van der Waals surface area contributed by atoms with Gasteiger partial charge in [-0.05, 0) is 52.2 Å². The highest BCUT2D eigenvalue weighted by Gasteiger charge is 2.32. The summed E-state index contributed by atoms with van der Waals surface area (Å²) in [5, 5.41) is 7.87. The molecule has 0 unspecified atom stereocenters. The number of aryl methyl sites for hydroxylation is 1. The standard InChI is InChI=1S/C12H10BrClF3N3O/c1-2-3-10-18-19-11(14)20(10)7-4-5-9(8(13)6-7)21-12(15,16)17/h4-6H,2-3H2,1H3. The fourth-order valence-electron chi connectivity index (χ4n) is 1.77. The van der Waals surface area contributed by atoms with Gasteiger partial charge in [0.25, 0.3) is 0 Å². The van der Waals surface area contributed by atoms with E-state index in [2.05, 4.69) is 30.9 Å². The molecule has 0 bridgehead atoms. The number of halogens is 5. The molecular formula is C12H10BrClF3N3O. The minimum atomic E-state index is -4.74. The van der Waals surface area contributed by atoms with Crippen LogP contribution in [-0.4, -0.2) is 21.1 Å². The normalized spacial score (nSPS) is 11.7. The van der Waals surface area contributed by atoms with Crippen molar-refractivity contribution in [3.8, 4) is 11.4 Å². The number of nitrogens with zero attached hydrogens (tertiary/aromatic N) is 3. The summed E-state index contributed by atoms with van der Waals surface area (Å²) in [7, 11) is 0. The topological polar surface area (TPSA) is 39.9 Å². The van der Waals surface area contributed by atoms with E-state index in [0.29, 0.717) is 17.9 Å². The second-order valence-corrected chi connectivity index (χ2v) is 5.33. The molecule has 9 heteroatoms. The van der Waals surface area contributed by atoms with Gasteiger partial charge in [-0.1, -0.05) is 6.92 Å². The van der Waals surface area contributed by atoms with E-state index in [9.17, 15) is 13.2 Å². The van der Waals surface area contributed by atoms with E-state index < -0.39 is 6.36 Å². The average Bonchev–Trinajstić information content (AvgIpc) is 2.72. The number of hydrogen-bond donors (Lipinski definition) is 0. The van der Waals surface area contributed by atoms with Crippen molar-refractivity contribution in [1.82, 2.24) is 14.8 Å². The van der Waals surface area contributed by atoms with Crippen LogP contribution in [0.25, 0.3) is 5.69 Å². The van der Waals surface area contributed by atoms with Crippen LogP contribution in [0.1, 0.15) is 19.2 Å². The summed E-state index contributed by atoms with van der Waals surface area (Å²) >= 11 is 9.03. The molecule has 0 aliphatic heterocycles. The van der Waals surface area contributed by atoms with Crippen molar-refractivity contribution in [3.63, 3.8) is 0 Å². The van der Waals surface area contributed by atoms with Gasteiger partial charge in [0.05, 0.1) is 10.2 Å². The Morgan fingerprint density at radius 2 is 2.05 bits per heavy atom. The Morgan fingerprint density at radius 3 is 2.62 bits per heavy atom.